The quantitative estimate of drug-likeness (QED) is 0.456. The van der Waals surface area contributed by atoms with Crippen molar-refractivity contribution in [2.24, 2.45) is 11.5 Å². The molecule has 17 heavy (non-hydrogen) atoms. The van der Waals surface area contributed by atoms with E-state index in [0.717, 1.165) is 6.92 Å². The molecule has 1 unspecified atom stereocenters. The van der Waals surface area contributed by atoms with Gasteiger partial charge in [-0.05, 0) is 20.8 Å². The van der Waals surface area contributed by atoms with Gasteiger partial charge in [0, 0.05) is 0 Å². The SMILES string of the molecule is CC(N(C(=O)[C@H](C)N)C(=O)[C@H](C)N)P(=O)(O)O. The predicted molar refractivity (Wildman–Crippen MR) is 60.7 cm³/mol. The molecule has 8 nitrogen and oxygen atoms in total. The van der Waals surface area contributed by atoms with E-state index in [-0.39, 0.29) is 0 Å². The smallest absolute Gasteiger partial charge is 0.323 e. The Labute approximate surface area is 99.1 Å². The molecule has 0 aromatic rings. The Morgan fingerprint density at radius 1 is 1.06 bits per heavy atom. The van der Waals surface area contributed by atoms with Crippen LogP contribution in [-0.2, 0) is 14.2 Å². The van der Waals surface area contributed by atoms with Crippen LogP contribution in [0.15, 0.2) is 0 Å². The second-order valence-corrected chi connectivity index (χ2v) is 5.77. The van der Waals surface area contributed by atoms with Crippen molar-refractivity contribution in [1.82, 2.24) is 4.90 Å². The summed E-state index contributed by atoms with van der Waals surface area (Å²) in [6, 6.07) is -2.10. The van der Waals surface area contributed by atoms with Crippen LogP contribution in [0.25, 0.3) is 0 Å². The summed E-state index contributed by atoms with van der Waals surface area (Å²) >= 11 is 0. The molecule has 0 aliphatic carbocycles. The van der Waals surface area contributed by atoms with Gasteiger partial charge in [-0.25, -0.2) is 0 Å². The third-order valence-corrected chi connectivity index (χ3v) is 3.32. The summed E-state index contributed by atoms with van der Waals surface area (Å²) in [4.78, 5) is 41.8. The number of rotatable bonds is 4. The fourth-order valence-corrected chi connectivity index (χ4v) is 1.59. The molecule has 0 rings (SSSR count). The molecule has 0 aliphatic rings. The Hall–Kier alpha value is -0.790. The van der Waals surface area contributed by atoms with Crippen molar-refractivity contribution in [3.8, 4) is 0 Å². The maximum atomic E-state index is 11.7. The van der Waals surface area contributed by atoms with E-state index in [0.29, 0.717) is 4.90 Å². The summed E-state index contributed by atoms with van der Waals surface area (Å²) in [6.07, 6.45) is 0. The van der Waals surface area contributed by atoms with Crippen molar-refractivity contribution in [2.75, 3.05) is 0 Å². The molecule has 9 heteroatoms. The maximum Gasteiger partial charge on any atom is 0.348 e. The van der Waals surface area contributed by atoms with Gasteiger partial charge in [0.25, 0.3) is 0 Å². The monoisotopic (exact) mass is 267 g/mol. The molecule has 0 saturated heterocycles. The van der Waals surface area contributed by atoms with Gasteiger partial charge in [0.05, 0.1) is 12.1 Å². The highest BCUT2D eigenvalue weighted by molar-refractivity contribution is 7.52. The van der Waals surface area contributed by atoms with Crippen molar-refractivity contribution in [2.45, 2.75) is 38.6 Å². The van der Waals surface area contributed by atoms with Crippen LogP contribution in [0, 0.1) is 0 Å². The zero-order chi connectivity index (χ0) is 14.0. The summed E-state index contributed by atoms with van der Waals surface area (Å²) in [5, 5.41) is 0. The van der Waals surface area contributed by atoms with Crippen LogP contribution in [0.3, 0.4) is 0 Å². The maximum absolute atomic E-state index is 11.7. The van der Waals surface area contributed by atoms with Crippen molar-refractivity contribution >= 4 is 19.4 Å². The third-order valence-electron chi connectivity index (χ3n) is 2.11. The van der Waals surface area contributed by atoms with Crippen LogP contribution in [0.1, 0.15) is 20.8 Å². The normalized spacial score (nSPS) is 17.1. The largest absolute Gasteiger partial charge is 0.348 e. The van der Waals surface area contributed by atoms with Crippen LogP contribution in [0.2, 0.25) is 0 Å². The molecule has 0 spiro atoms. The van der Waals surface area contributed by atoms with E-state index in [1.54, 1.807) is 0 Å². The fourth-order valence-electron chi connectivity index (χ4n) is 1.07. The number of nitrogens with zero attached hydrogens (tertiary/aromatic N) is 1. The van der Waals surface area contributed by atoms with Crippen LogP contribution in [0.5, 0.6) is 0 Å². The average molecular weight is 267 g/mol. The zero-order valence-corrected chi connectivity index (χ0v) is 10.8. The zero-order valence-electron chi connectivity index (χ0n) is 9.90. The van der Waals surface area contributed by atoms with E-state index in [1.165, 1.54) is 13.8 Å². The van der Waals surface area contributed by atoms with E-state index < -0.39 is 37.3 Å². The molecule has 0 aromatic heterocycles. The van der Waals surface area contributed by atoms with Crippen molar-refractivity contribution in [3.63, 3.8) is 0 Å². The molecule has 2 amide bonds. The molecule has 0 aliphatic heterocycles. The number of hydrogen-bond donors (Lipinski definition) is 4. The lowest BCUT2D eigenvalue weighted by atomic mass is 10.2. The van der Waals surface area contributed by atoms with Crippen LogP contribution in [0.4, 0.5) is 0 Å². The predicted octanol–water partition coefficient (Wildman–Crippen LogP) is -1.44. The summed E-state index contributed by atoms with van der Waals surface area (Å²) < 4.78 is 11.1. The lowest BCUT2D eigenvalue weighted by molar-refractivity contribution is -0.147. The highest BCUT2D eigenvalue weighted by Gasteiger charge is 2.39. The van der Waals surface area contributed by atoms with E-state index in [2.05, 4.69) is 0 Å². The van der Waals surface area contributed by atoms with Gasteiger partial charge in [-0.3, -0.25) is 19.1 Å². The van der Waals surface area contributed by atoms with E-state index in [1.807, 2.05) is 0 Å². The molecule has 3 atom stereocenters. The molecule has 0 saturated carbocycles. The number of carbonyl (C=O) groups is 2. The Bertz CT molecular complexity index is 331. The first-order valence-electron chi connectivity index (χ1n) is 4.93. The standard InChI is InChI=1S/C8H18N3O5P/c1-4(9)7(12)11(8(13)5(2)10)6(3)17(14,15)16/h4-6H,9-10H2,1-3H3,(H2,14,15,16)/t4-,5-,6?/m0/s1. The minimum absolute atomic E-state index is 0.441. The number of imide groups is 1. The number of carbonyl (C=O) groups excluding carboxylic acids is 2. The van der Waals surface area contributed by atoms with Crippen molar-refractivity contribution < 1.29 is 23.9 Å². The van der Waals surface area contributed by atoms with Crippen LogP contribution in [-0.4, -0.2) is 44.4 Å². The van der Waals surface area contributed by atoms with E-state index in [9.17, 15) is 14.2 Å². The summed E-state index contributed by atoms with van der Waals surface area (Å²) in [6.45, 7) is 3.70. The number of nitrogens with two attached hydrogens (primary N) is 2. The minimum atomic E-state index is -4.63. The van der Waals surface area contributed by atoms with Gasteiger partial charge >= 0.3 is 7.60 Å². The highest BCUT2D eigenvalue weighted by Crippen LogP contribution is 2.42. The van der Waals surface area contributed by atoms with Gasteiger partial charge in [0.15, 0.2) is 0 Å². The van der Waals surface area contributed by atoms with E-state index in [4.69, 9.17) is 21.3 Å². The molecular weight excluding hydrogens is 249 g/mol. The number of amides is 2. The molecule has 6 N–H and O–H groups in total. The molecule has 0 aromatic carbocycles. The molecule has 0 fully saturated rings. The first kappa shape index (κ1) is 16.2. The topological polar surface area (TPSA) is 147 Å². The molecule has 0 radical (unpaired) electrons. The van der Waals surface area contributed by atoms with Gasteiger partial charge in [-0.2, -0.15) is 0 Å². The molecular formula is C8H18N3O5P. The Morgan fingerprint density at radius 2 is 1.35 bits per heavy atom. The average Bonchev–Trinajstić information content (AvgIpc) is 2.15. The molecule has 0 heterocycles. The molecule has 0 bridgehead atoms. The Balaban J connectivity index is 5.34. The van der Waals surface area contributed by atoms with Crippen molar-refractivity contribution in [1.29, 1.82) is 0 Å². The number of hydrogen-bond acceptors (Lipinski definition) is 5. The summed E-state index contributed by atoms with van der Waals surface area (Å²) in [7, 11) is -4.63. The third kappa shape index (κ3) is 4.18. The lowest BCUT2D eigenvalue weighted by Crippen LogP contribution is -2.54. The van der Waals surface area contributed by atoms with Gasteiger partial charge in [-0.15, -0.1) is 0 Å². The van der Waals surface area contributed by atoms with Crippen molar-refractivity contribution in [3.05, 3.63) is 0 Å². The van der Waals surface area contributed by atoms with Crippen LogP contribution >= 0.6 is 7.60 Å². The summed E-state index contributed by atoms with van der Waals surface area (Å²) in [5.41, 5.74) is 10.6. The van der Waals surface area contributed by atoms with Gasteiger partial charge in [0.1, 0.15) is 5.78 Å². The summed E-state index contributed by atoms with van der Waals surface area (Å²) in [5.74, 6) is -3.33. The fraction of sp³-hybridized carbons (Fsp3) is 0.750. The molecule has 100 valence electrons. The van der Waals surface area contributed by atoms with Crippen LogP contribution < -0.4 is 11.5 Å². The van der Waals surface area contributed by atoms with Gasteiger partial charge in [0.2, 0.25) is 11.8 Å². The first-order valence-corrected chi connectivity index (χ1v) is 6.61. The lowest BCUT2D eigenvalue weighted by Gasteiger charge is -2.30. The second-order valence-electron chi connectivity index (χ2n) is 3.84. The Morgan fingerprint density at radius 3 is 1.53 bits per heavy atom. The van der Waals surface area contributed by atoms with Gasteiger partial charge < -0.3 is 21.3 Å². The Kier molecular flexibility index (Phi) is 5.44. The highest BCUT2D eigenvalue weighted by atomic mass is 31.2. The minimum Gasteiger partial charge on any atom is -0.323 e. The van der Waals surface area contributed by atoms with Gasteiger partial charge in [-0.1, -0.05) is 0 Å². The second kappa shape index (κ2) is 5.70. The first-order chi connectivity index (χ1) is 7.50. The van der Waals surface area contributed by atoms with E-state index >= 15 is 0 Å².